The number of carbonyl (C=O) groups excluding carboxylic acids is 1. The van der Waals surface area contributed by atoms with E-state index in [4.69, 9.17) is 18.5 Å². The van der Waals surface area contributed by atoms with Gasteiger partial charge < -0.3 is 18.9 Å². The van der Waals surface area contributed by atoms with E-state index in [-0.39, 0.29) is 25.2 Å². The summed E-state index contributed by atoms with van der Waals surface area (Å²) in [4.78, 5) is 23.1. The van der Waals surface area contributed by atoms with Gasteiger partial charge in [0.2, 0.25) is 0 Å². The molecule has 1 unspecified atom stereocenters. The molecule has 9 heteroatoms. The molecule has 1 rings (SSSR count). The zero-order valence-corrected chi connectivity index (χ0v) is 36.3. The molecule has 1 aliphatic rings. The molecular weight excluding hydrogens is 685 g/mol. The fraction of sp³-hybridized carbons (Fsp3) is 0.750. The van der Waals surface area contributed by atoms with Crippen LogP contribution in [0.5, 0.6) is 0 Å². The highest BCUT2D eigenvalue weighted by Crippen LogP contribution is 2.43. The highest BCUT2D eigenvalue weighted by atomic mass is 31.2. The molecule has 0 heterocycles. The van der Waals surface area contributed by atoms with Crippen molar-refractivity contribution in [3.8, 4) is 0 Å². The Balaban J connectivity index is 2.59. The van der Waals surface area contributed by atoms with Crippen molar-refractivity contribution >= 4 is 13.8 Å². The molecule has 0 aromatic heterocycles. The number of ether oxygens (including phenoxy) is 2. The van der Waals surface area contributed by atoms with Crippen LogP contribution in [0.1, 0.15) is 151 Å². The highest BCUT2D eigenvalue weighted by molar-refractivity contribution is 7.47. The summed E-state index contributed by atoms with van der Waals surface area (Å²) in [5.41, 5.74) is 4.92. The Morgan fingerprint density at radius 1 is 0.849 bits per heavy atom. The lowest BCUT2D eigenvalue weighted by Gasteiger charge is -2.32. The average molecular weight is 765 g/mol. The highest BCUT2D eigenvalue weighted by Gasteiger charge is 2.27. The van der Waals surface area contributed by atoms with Crippen LogP contribution >= 0.6 is 7.82 Å². The van der Waals surface area contributed by atoms with Crippen molar-refractivity contribution < 1.29 is 37.3 Å². The van der Waals surface area contributed by atoms with E-state index in [1.54, 1.807) is 0 Å². The zero-order valence-electron chi connectivity index (χ0n) is 35.4. The number of nitrogens with zero attached hydrogens (tertiary/aromatic N) is 1. The number of phosphoric ester groups is 1. The number of unbranched alkanes of at least 4 members (excludes halogenated alkanes) is 13. The normalized spacial score (nSPS) is 17.5. The summed E-state index contributed by atoms with van der Waals surface area (Å²) >= 11 is 0. The van der Waals surface area contributed by atoms with Crippen molar-refractivity contribution in [2.24, 2.45) is 5.41 Å². The molecule has 306 valence electrons. The summed E-state index contributed by atoms with van der Waals surface area (Å²) in [6.07, 6.45) is 32.3. The number of hydrogen-bond donors (Lipinski definition) is 1. The van der Waals surface area contributed by atoms with Crippen LogP contribution in [-0.2, 0) is 27.9 Å². The largest absolute Gasteiger partial charge is 0.472 e. The van der Waals surface area contributed by atoms with Crippen molar-refractivity contribution in [3.63, 3.8) is 0 Å². The van der Waals surface area contributed by atoms with Gasteiger partial charge in [0.15, 0.2) is 0 Å². The van der Waals surface area contributed by atoms with Crippen LogP contribution in [0, 0.1) is 5.41 Å². The lowest BCUT2D eigenvalue weighted by molar-refractivity contribution is -0.870. The number of allylic oxidation sites excluding steroid dienone is 9. The van der Waals surface area contributed by atoms with E-state index < -0.39 is 19.9 Å². The van der Waals surface area contributed by atoms with E-state index in [1.165, 1.54) is 107 Å². The monoisotopic (exact) mass is 765 g/mol. The smallest absolute Gasteiger partial charge is 0.454 e. The molecule has 0 fully saturated rings. The molecule has 1 aliphatic carbocycles. The second-order valence-corrected chi connectivity index (χ2v) is 18.2. The maximum absolute atomic E-state index is 12.9. The predicted molar refractivity (Wildman–Crippen MR) is 222 cm³/mol. The van der Waals surface area contributed by atoms with Crippen LogP contribution in [0.4, 0.5) is 0 Å². The molecule has 2 atom stereocenters. The number of phosphoric acid groups is 1. The van der Waals surface area contributed by atoms with Crippen molar-refractivity contribution in [1.29, 1.82) is 0 Å². The van der Waals surface area contributed by atoms with Crippen molar-refractivity contribution in [3.05, 3.63) is 58.7 Å². The quantitative estimate of drug-likeness (QED) is 0.0194. The van der Waals surface area contributed by atoms with Crippen molar-refractivity contribution in [1.82, 2.24) is 0 Å². The first-order valence-corrected chi connectivity index (χ1v) is 22.2. The Kier molecular flexibility index (Phi) is 25.8. The summed E-state index contributed by atoms with van der Waals surface area (Å²) < 4.78 is 35.0. The number of esters is 1. The molecule has 8 nitrogen and oxygen atoms in total. The SMILES string of the molecule is CCCCCCCCCCCCCCCCOC[C@H](COP(=O)(O)OCC[N+](C)(C)C)OC(=O)/C=C(C)/C=C/C=C(C)/C=C/C1=C(C)CCCC1(C)C. The standard InChI is InChI=1S/C44H78NO7P/c1-10-11-12-13-14-15-16-17-18-19-20-21-22-23-33-49-36-41(37-51-53(47,48)50-34-32-45(7,8)9)52-43(46)35-39(3)27-24-26-38(2)29-30-42-40(4)28-25-31-44(42,5)6/h24,26-27,29-30,35,41H,10-23,25,28,31-34,36-37H2,1-9H3/p+1/b27-24+,30-29+,38-26+,39-35+/t41-/m1/s1. The van der Waals surface area contributed by atoms with Crippen LogP contribution in [0.2, 0.25) is 0 Å². The van der Waals surface area contributed by atoms with E-state index in [2.05, 4.69) is 46.8 Å². The first-order valence-electron chi connectivity index (χ1n) is 20.7. The molecule has 0 amide bonds. The van der Waals surface area contributed by atoms with E-state index in [1.807, 2.05) is 46.3 Å². The molecule has 0 aliphatic heterocycles. The van der Waals surface area contributed by atoms with Gasteiger partial charge in [0.25, 0.3) is 0 Å². The Morgan fingerprint density at radius 2 is 1.43 bits per heavy atom. The van der Waals surface area contributed by atoms with Gasteiger partial charge in [0.1, 0.15) is 19.3 Å². The first kappa shape index (κ1) is 49.2. The van der Waals surface area contributed by atoms with E-state index in [0.717, 1.165) is 30.4 Å². The molecule has 53 heavy (non-hydrogen) atoms. The van der Waals surface area contributed by atoms with E-state index in [9.17, 15) is 14.3 Å². The molecule has 0 aromatic rings. The Hall–Kier alpha value is -1.80. The second-order valence-electron chi connectivity index (χ2n) is 16.8. The van der Waals surface area contributed by atoms with Gasteiger partial charge >= 0.3 is 13.8 Å². The summed E-state index contributed by atoms with van der Waals surface area (Å²) in [6.45, 7) is 13.9. The number of hydrogen-bond acceptors (Lipinski definition) is 6. The van der Waals surface area contributed by atoms with Crippen LogP contribution in [0.3, 0.4) is 0 Å². The summed E-state index contributed by atoms with van der Waals surface area (Å²) in [6, 6.07) is 0. The van der Waals surface area contributed by atoms with Gasteiger partial charge in [0, 0.05) is 12.7 Å². The van der Waals surface area contributed by atoms with E-state index in [0.29, 0.717) is 17.6 Å². The molecule has 0 saturated heterocycles. The summed E-state index contributed by atoms with van der Waals surface area (Å²) in [5, 5.41) is 0. The summed E-state index contributed by atoms with van der Waals surface area (Å²) in [5.74, 6) is -0.567. The lowest BCUT2D eigenvalue weighted by atomic mass is 9.72. The Morgan fingerprint density at radius 3 is 2.00 bits per heavy atom. The molecule has 0 radical (unpaired) electrons. The first-order chi connectivity index (χ1) is 25.0. The number of carbonyl (C=O) groups is 1. The molecule has 0 bridgehead atoms. The molecule has 0 saturated carbocycles. The third kappa shape index (κ3) is 26.6. The van der Waals surface area contributed by atoms with Crippen LogP contribution in [0.25, 0.3) is 0 Å². The topological polar surface area (TPSA) is 91.3 Å². The molecule has 0 aromatic carbocycles. The Labute approximate surface area is 325 Å². The fourth-order valence-corrected chi connectivity index (χ4v) is 7.18. The van der Waals surface area contributed by atoms with Crippen LogP contribution < -0.4 is 0 Å². The average Bonchev–Trinajstić information content (AvgIpc) is 3.05. The van der Waals surface area contributed by atoms with Gasteiger partial charge in [-0.1, -0.05) is 146 Å². The number of likely N-dealkylation sites (N-methyl/N-ethyl adjacent to an activating group) is 1. The van der Waals surface area contributed by atoms with Gasteiger partial charge in [-0.3, -0.25) is 9.05 Å². The third-order valence-corrected chi connectivity index (χ3v) is 10.8. The Bertz CT molecular complexity index is 1220. The van der Waals surface area contributed by atoms with Gasteiger partial charge in [-0.2, -0.15) is 0 Å². The predicted octanol–water partition coefficient (Wildman–Crippen LogP) is 11.8. The molecule has 0 spiro atoms. The number of rotatable bonds is 30. The van der Waals surface area contributed by atoms with Crippen molar-refractivity contribution in [2.75, 3.05) is 54.1 Å². The third-order valence-electron chi connectivity index (χ3n) is 9.79. The minimum Gasteiger partial charge on any atom is -0.454 e. The zero-order chi connectivity index (χ0) is 39.6. The maximum atomic E-state index is 12.9. The van der Waals surface area contributed by atoms with Gasteiger partial charge in [-0.15, -0.1) is 0 Å². The minimum absolute atomic E-state index is 0.0603. The summed E-state index contributed by atoms with van der Waals surface area (Å²) in [7, 11) is 1.57. The van der Waals surface area contributed by atoms with Gasteiger partial charge in [-0.25, -0.2) is 9.36 Å². The fourth-order valence-electron chi connectivity index (χ4n) is 6.44. The minimum atomic E-state index is -4.33. The lowest BCUT2D eigenvalue weighted by Crippen LogP contribution is -2.37. The van der Waals surface area contributed by atoms with Crippen molar-refractivity contribution in [2.45, 2.75) is 157 Å². The maximum Gasteiger partial charge on any atom is 0.472 e. The van der Waals surface area contributed by atoms with Gasteiger partial charge in [-0.05, 0) is 63.0 Å². The molecule has 1 N–H and O–H groups in total. The van der Waals surface area contributed by atoms with Gasteiger partial charge in [0.05, 0.1) is 34.4 Å². The number of quaternary nitrogens is 1. The van der Waals surface area contributed by atoms with Crippen LogP contribution in [0.15, 0.2) is 58.7 Å². The molecular formula is C44H79NO7P+. The van der Waals surface area contributed by atoms with E-state index >= 15 is 0 Å². The van der Waals surface area contributed by atoms with Crippen LogP contribution in [-0.4, -0.2) is 75.6 Å². The second kappa shape index (κ2) is 27.7.